The van der Waals surface area contributed by atoms with Gasteiger partial charge in [-0.25, -0.2) is 9.67 Å². The Hall–Kier alpha value is -1.27. The maximum atomic E-state index is 9.84. The minimum absolute atomic E-state index is 0.179. The minimum Gasteiger partial charge on any atom is -0.387 e. The lowest BCUT2D eigenvalue weighted by molar-refractivity contribution is 0.168. The van der Waals surface area contributed by atoms with Crippen LogP contribution < -0.4 is 0 Å². The fourth-order valence-electron chi connectivity index (χ4n) is 3.80. The van der Waals surface area contributed by atoms with Crippen LogP contribution in [-0.4, -0.2) is 25.1 Å². The molecule has 2 aromatic rings. The zero-order valence-corrected chi connectivity index (χ0v) is 15.4. The van der Waals surface area contributed by atoms with Gasteiger partial charge in [-0.1, -0.05) is 39.8 Å². The summed E-state index contributed by atoms with van der Waals surface area (Å²) in [6, 6.07) is 0. The predicted molar refractivity (Wildman–Crippen MR) is 91.6 cm³/mol. The van der Waals surface area contributed by atoms with E-state index in [9.17, 15) is 5.11 Å². The highest BCUT2D eigenvalue weighted by molar-refractivity contribution is 7.11. The molecule has 1 N–H and O–H groups in total. The summed E-state index contributed by atoms with van der Waals surface area (Å²) in [7, 11) is 0. The third-order valence-corrected chi connectivity index (χ3v) is 5.95. The molecular weight excluding hydrogens is 308 g/mol. The van der Waals surface area contributed by atoms with Crippen molar-refractivity contribution in [2.24, 2.45) is 5.41 Å². The molecule has 0 aromatic carbocycles. The van der Waals surface area contributed by atoms with Gasteiger partial charge in [-0.15, -0.1) is 16.4 Å². The van der Waals surface area contributed by atoms with Crippen LogP contribution >= 0.6 is 11.3 Å². The monoisotopic (exact) mass is 334 g/mol. The van der Waals surface area contributed by atoms with Gasteiger partial charge in [0.05, 0.1) is 24.5 Å². The van der Waals surface area contributed by atoms with Crippen molar-refractivity contribution in [1.82, 2.24) is 20.0 Å². The normalized spacial score (nSPS) is 20.3. The average molecular weight is 334 g/mol. The van der Waals surface area contributed by atoms with Crippen molar-refractivity contribution in [3.8, 4) is 0 Å². The number of rotatable bonds is 4. The van der Waals surface area contributed by atoms with E-state index in [2.05, 4.69) is 38.0 Å². The molecule has 0 spiro atoms. The zero-order valence-electron chi connectivity index (χ0n) is 14.6. The highest BCUT2D eigenvalue weighted by Gasteiger charge is 2.39. The zero-order chi connectivity index (χ0) is 16.8. The molecule has 0 amide bonds. The SMILES string of the molecule is CCC(O)c1cn(Cc2nc3c(s2)C(C)(C)CC(C)(C)C3)nn1. The second-order valence-corrected chi connectivity index (χ2v) is 9.13. The molecule has 0 radical (unpaired) electrons. The minimum atomic E-state index is -0.534. The van der Waals surface area contributed by atoms with Crippen molar-refractivity contribution < 1.29 is 5.11 Å². The summed E-state index contributed by atoms with van der Waals surface area (Å²) < 4.78 is 1.77. The lowest BCUT2D eigenvalue weighted by Crippen LogP contribution is -2.33. The first-order valence-electron chi connectivity index (χ1n) is 8.27. The molecular formula is C17H26N4OS. The Balaban J connectivity index is 1.84. The van der Waals surface area contributed by atoms with Gasteiger partial charge in [0.15, 0.2) is 0 Å². The number of aliphatic hydroxyl groups is 1. The molecule has 0 fully saturated rings. The van der Waals surface area contributed by atoms with E-state index in [1.807, 2.05) is 13.1 Å². The summed E-state index contributed by atoms with van der Waals surface area (Å²) in [5.74, 6) is 0. The topological polar surface area (TPSA) is 63.8 Å². The van der Waals surface area contributed by atoms with E-state index < -0.39 is 6.10 Å². The molecule has 23 heavy (non-hydrogen) atoms. The van der Waals surface area contributed by atoms with Gasteiger partial charge in [-0.3, -0.25) is 0 Å². The third-order valence-electron chi connectivity index (χ3n) is 4.50. The molecule has 0 saturated carbocycles. The van der Waals surface area contributed by atoms with Crippen LogP contribution in [0.4, 0.5) is 0 Å². The number of hydrogen-bond donors (Lipinski definition) is 1. The molecule has 3 rings (SSSR count). The van der Waals surface area contributed by atoms with Gasteiger partial charge < -0.3 is 5.11 Å². The van der Waals surface area contributed by atoms with Gasteiger partial charge in [0.2, 0.25) is 0 Å². The van der Waals surface area contributed by atoms with Crippen LogP contribution in [0.25, 0.3) is 0 Å². The van der Waals surface area contributed by atoms with E-state index in [4.69, 9.17) is 4.98 Å². The van der Waals surface area contributed by atoms with Crippen LogP contribution in [0, 0.1) is 5.41 Å². The number of aliphatic hydroxyl groups excluding tert-OH is 1. The van der Waals surface area contributed by atoms with Gasteiger partial charge in [-0.2, -0.15) is 0 Å². The number of thiazole rings is 1. The first-order valence-corrected chi connectivity index (χ1v) is 9.09. The molecule has 0 saturated heterocycles. The summed E-state index contributed by atoms with van der Waals surface area (Å²) in [5, 5.41) is 19.1. The van der Waals surface area contributed by atoms with Crippen LogP contribution in [0.3, 0.4) is 0 Å². The smallest absolute Gasteiger partial charge is 0.115 e. The lowest BCUT2D eigenvalue weighted by Gasteiger charge is -2.39. The largest absolute Gasteiger partial charge is 0.387 e. The van der Waals surface area contributed by atoms with Gasteiger partial charge in [-0.05, 0) is 24.7 Å². The summed E-state index contributed by atoms with van der Waals surface area (Å²) in [6.45, 7) is 11.8. The molecule has 126 valence electrons. The number of nitrogens with zero attached hydrogens (tertiary/aromatic N) is 4. The van der Waals surface area contributed by atoms with Crippen molar-refractivity contribution in [3.05, 3.63) is 27.5 Å². The van der Waals surface area contributed by atoms with Crippen LogP contribution in [0.1, 0.15) is 74.8 Å². The number of fused-ring (bicyclic) bond motifs is 1. The van der Waals surface area contributed by atoms with Crippen molar-refractivity contribution >= 4 is 11.3 Å². The van der Waals surface area contributed by atoms with Crippen molar-refractivity contribution in [2.75, 3.05) is 0 Å². The summed E-state index contributed by atoms with van der Waals surface area (Å²) >= 11 is 1.80. The molecule has 5 nitrogen and oxygen atoms in total. The molecule has 1 atom stereocenters. The molecule has 0 aliphatic heterocycles. The van der Waals surface area contributed by atoms with Crippen molar-refractivity contribution in [3.63, 3.8) is 0 Å². The Morgan fingerprint density at radius 3 is 2.78 bits per heavy atom. The quantitative estimate of drug-likeness (QED) is 0.930. The van der Waals surface area contributed by atoms with E-state index in [0.29, 0.717) is 24.1 Å². The number of hydrogen-bond acceptors (Lipinski definition) is 5. The van der Waals surface area contributed by atoms with Crippen LogP contribution in [0.5, 0.6) is 0 Å². The van der Waals surface area contributed by atoms with E-state index in [-0.39, 0.29) is 5.41 Å². The van der Waals surface area contributed by atoms with Gasteiger partial charge >= 0.3 is 0 Å². The number of aromatic nitrogens is 4. The first kappa shape index (κ1) is 16.6. The van der Waals surface area contributed by atoms with Gasteiger partial charge in [0.1, 0.15) is 10.7 Å². The lowest BCUT2D eigenvalue weighted by atomic mass is 9.67. The maximum Gasteiger partial charge on any atom is 0.115 e. The highest BCUT2D eigenvalue weighted by atomic mass is 32.1. The fraction of sp³-hybridized carbons (Fsp3) is 0.706. The van der Waals surface area contributed by atoms with Crippen LogP contribution in [0.2, 0.25) is 0 Å². The standard InChI is InChI=1S/C17H26N4OS/c1-6-13(22)12-8-21(20-19-12)9-14-18-11-7-16(2,3)10-17(4,5)15(11)23-14/h8,13,22H,6-7,9-10H2,1-5H3. The fourth-order valence-corrected chi connectivity index (χ4v) is 4.97. The highest BCUT2D eigenvalue weighted by Crippen LogP contribution is 2.47. The molecule has 1 aliphatic carbocycles. The maximum absolute atomic E-state index is 9.84. The Kier molecular flexibility index (Phi) is 4.09. The van der Waals surface area contributed by atoms with Crippen molar-refractivity contribution in [1.29, 1.82) is 0 Å². The van der Waals surface area contributed by atoms with Gasteiger partial charge in [0.25, 0.3) is 0 Å². The Morgan fingerprint density at radius 2 is 2.09 bits per heavy atom. The molecule has 1 aliphatic rings. The second-order valence-electron chi connectivity index (χ2n) is 8.05. The molecule has 2 aromatic heterocycles. The Morgan fingerprint density at radius 1 is 1.35 bits per heavy atom. The van der Waals surface area contributed by atoms with E-state index >= 15 is 0 Å². The summed E-state index contributed by atoms with van der Waals surface area (Å²) in [5.41, 5.74) is 2.36. The molecule has 0 bridgehead atoms. The first-order chi connectivity index (χ1) is 10.7. The summed E-state index contributed by atoms with van der Waals surface area (Å²) in [6.07, 6.45) is 4.16. The average Bonchev–Trinajstić information content (AvgIpc) is 3.03. The van der Waals surface area contributed by atoms with Crippen LogP contribution in [-0.2, 0) is 18.4 Å². The van der Waals surface area contributed by atoms with Gasteiger partial charge in [0, 0.05) is 10.3 Å². The molecule has 2 heterocycles. The summed E-state index contributed by atoms with van der Waals surface area (Å²) in [4.78, 5) is 6.30. The van der Waals surface area contributed by atoms with E-state index in [0.717, 1.165) is 11.4 Å². The Labute approximate surface area is 141 Å². The molecule has 6 heteroatoms. The van der Waals surface area contributed by atoms with Crippen molar-refractivity contribution in [2.45, 2.75) is 71.9 Å². The second kappa shape index (κ2) is 5.67. The Bertz CT molecular complexity index is 701. The van der Waals surface area contributed by atoms with E-state index in [1.165, 1.54) is 17.0 Å². The van der Waals surface area contributed by atoms with Crippen LogP contribution in [0.15, 0.2) is 6.20 Å². The third kappa shape index (κ3) is 3.33. The van der Waals surface area contributed by atoms with E-state index in [1.54, 1.807) is 16.0 Å². The molecule has 1 unspecified atom stereocenters. The predicted octanol–water partition coefficient (Wildman–Crippen LogP) is 3.48.